The summed E-state index contributed by atoms with van der Waals surface area (Å²) in [7, 11) is 0. The SMILES string of the molecule is CC(C)NCc1ccc(OCOCC(F)(F)F)cn1. The van der Waals surface area contributed by atoms with E-state index in [9.17, 15) is 13.2 Å². The van der Waals surface area contributed by atoms with Crippen LogP contribution in [-0.4, -0.2) is 30.6 Å². The Kier molecular flexibility index (Phi) is 6.04. The lowest BCUT2D eigenvalue weighted by atomic mass is 10.3. The van der Waals surface area contributed by atoms with Gasteiger partial charge in [-0.05, 0) is 12.1 Å². The number of aromatic nitrogens is 1. The maximum Gasteiger partial charge on any atom is 0.411 e. The second kappa shape index (κ2) is 7.30. The molecule has 0 radical (unpaired) electrons. The van der Waals surface area contributed by atoms with Gasteiger partial charge < -0.3 is 14.8 Å². The normalized spacial score (nSPS) is 11.9. The van der Waals surface area contributed by atoms with Gasteiger partial charge in [0.15, 0.2) is 6.79 Å². The van der Waals surface area contributed by atoms with E-state index in [2.05, 4.69) is 15.0 Å². The predicted octanol–water partition coefficient (Wildman–Crippen LogP) is 2.49. The summed E-state index contributed by atoms with van der Waals surface area (Å²) in [6, 6.07) is 3.74. The van der Waals surface area contributed by atoms with Crippen LogP contribution in [0.15, 0.2) is 18.3 Å². The largest absolute Gasteiger partial charge is 0.466 e. The van der Waals surface area contributed by atoms with E-state index < -0.39 is 19.6 Å². The fraction of sp³-hybridized carbons (Fsp3) is 0.583. The first-order valence-corrected chi connectivity index (χ1v) is 5.82. The Morgan fingerprint density at radius 1 is 1.32 bits per heavy atom. The summed E-state index contributed by atoms with van der Waals surface area (Å²) in [5.74, 6) is 0.371. The van der Waals surface area contributed by atoms with E-state index >= 15 is 0 Å². The van der Waals surface area contributed by atoms with Gasteiger partial charge in [-0.1, -0.05) is 13.8 Å². The van der Waals surface area contributed by atoms with E-state index in [-0.39, 0.29) is 0 Å². The summed E-state index contributed by atoms with van der Waals surface area (Å²) in [6.07, 6.45) is -2.89. The lowest BCUT2D eigenvalue weighted by Crippen LogP contribution is -2.22. The topological polar surface area (TPSA) is 43.4 Å². The number of rotatable bonds is 7. The van der Waals surface area contributed by atoms with Crippen molar-refractivity contribution >= 4 is 0 Å². The van der Waals surface area contributed by atoms with Crippen LogP contribution >= 0.6 is 0 Å². The molecule has 0 aliphatic rings. The first-order chi connectivity index (χ1) is 8.87. The molecule has 0 aliphatic carbocycles. The standard InChI is InChI=1S/C12H17F3N2O2/c1-9(2)16-5-10-3-4-11(6-17-10)19-8-18-7-12(13,14)15/h3-4,6,9,16H,5,7-8H2,1-2H3. The molecular weight excluding hydrogens is 261 g/mol. The molecule has 0 aromatic carbocycles. The highest BCUT2D eigenvalue weighted by atomic mass is 19.4. The summed E-state index contributed by atoms with van der Waals surface area (Å²) in [4.78, 5) is 4.11. The highest BCUT2D eigenvalue weighted by molar-refractivity contribution is 5.19. The van der Waals surface area contributed by atoms with Gasteiger partial charge in [0.2, 0.25) is 0 Å². The Morgan fingerprint density at radius 3 is 2.58 bits per heavy atom. The minimum Gasteiger partial charge on any atom is -0.466 e. The van der Waals surface area contributed by atoms with Gasteiger partial charge in [0.1, 0.15) is 12.4 Å². The second-order valence-electron chi connectivity index (χ2n) is 4.25. The van der Waals surface area contributed by atoms with Crippen molar-refractivity contribution in [2.45, 2.75) is 32.6 Å². The van der Waals surface area contributed by atoms with Gasteiger partial charge in [0, 0.05) is 12.6 Å². The van der Waals surface area contributed by atoms with E-state index in [1.807, 2.05) is 13.8 Å². The molecule has 1 rings (SSSR count). The van der Waals surface area contributed by atoms with Crippen molar-refractivity contribution in [2.75, 3.05) is 13.4 Å². The maximum absolute atomic E-state index is 11.8. The first-order valence-electron chi connectivity index (χ1n) is 5.82. The van der Waals surface area contributed by atoms with Gasteiger partial charge in [-0.2, -0.15) is 13.2 Å². The van der Waals surface area contributed by atoms with Crippen molar-refractivity contribution in [1.82, 2.24) is 10.3 Å². The van der Waals surface area contributed by atoms with E-state index in [4.69, 9.17) is 4.74 Å². The number of ether oxygens (including phenoxy) is 2. The molecule has 0 saturated carbocycles. The third-order valence-corrected chi connectivity index (χ3v) is 2.06. The molecule has 0 unspecified atom stereocenters. The highest BCUT2D eigenvalue weighted by Gasteiger charge is 2.27. The summed E-state index contributed by atoms with van der Waals surface area (Å²) in [6.45, 7) is 2.90. The molecule has 1 aromatic heterocycles. The van der Waals surface area contributed by atoms with Crippen molar-refractivity contribution in [3.05, 3.63) is 24.0 Å². The molecular formula is C12H17F3N2O2. The van der Waals surface area contributed by atoms with Crippen molar-refractivity contribution in [3.8, 4) is 5.75 Å². The van der Waals surface area contributed by atoms with Gasteiger partial charge in [0.05, 0.1) is 11.9 Å². The van der Waals surface area contributed by atoms with Gasteiger partial charge >= 0.3 is 6.18 Å². The zero-order chi connectivity index (χ0) is 14.3. The molecule has 0 aliphatic heterocycles. The molecule has 0 spiro atoms. The Labute approximate surface area is 109 Å². The number of pyridine rings is 1. The zero-order valence-corrected chi connectivity index (χ0v) is 10.8. The zero-order valence-electron chi connectivity index (χ0n) is 10.8. The number of nitrogens with zero attached hydrogens (tertiary/aromatic N) is 1. The molecule has 1 N–H and O–H groups in total. The number of hydrogen-bond acceptors (Lipinski definition) is 4. The number of nitrogens with one attached hydrogen (secondary N) is 1. The number of halogens is 3. The fourth-order valence-electron chi connectivity index (χ4n) is 1.18. The summed E-state index contributed by atoms with van der Waals surface area (Å²) >= 11 is 0. The predicted molar refractivity (Wildman–Crippen MR) is 63.7 cm³/mol. The van der Waals surface area contributed by atoms with Crippen LogP contribution in [0.2, 0.25) is 0 Å². The lowest BCUT2D eigenvalue weighted by Gasteiger charge is -2.10. The smallest absolute Gasteiger partial charge is 0.411 e. The van der Waals surface area contributed by atoms with Crippen LogP contribution in [0.1, 0.15) is 19.5 Å². The maximum atomic E-state index is 11.8. The molecule has 108 valence electrons. The third-order valence-electron chi connectivity index (χ3n) is 2.06. The van der Waals surface area contributed by atoms with Gasteiger partial charge in [-0.15, -0.1) is 0 Å². The quantitative estimate of drug-likeness (QED) is 0.614. The minimum atomic E-state index is -4.34. The van der Waals surface area contributed by atoms with E-state index in [0.29, 0.717) is 18.3 Å². The Morgan fingerprint density at radius 2 is 2.05 bits per heavy atom. The van der Waals surface area contributed by atoms with E-state index in [1.165, 1.54) is 6.20 Å². The van der Waals surface area contributed by atoms with Crippen molar-refractivity contribution in [1.29, 1.82) is 0 Å². The Balaban J connectivity index is 2.28. The molecule has 0 amide bonds. The number of hydrogen-bond donors (Lipinski definition) is 1. The minimum absolute atomic E-state index is 0.355. The van der Waals surface area contributed by atoms with Gasteiger partial charge in [-0.3, -0.25) is 4.98 Å². The van der Waals surface area contributed by atoms with Crippen LogP contribution in [0.3, 0.4) is 0 Å². The molecule has 0 fully saturated rings. The lowest BCUT2D eigenvalue weighted by molar-refractivity contribution is -0.186. The average Bonchev–Trinajstić information content (AvgIpc) is 2.32. The van der Waals surface area contributed by atoms with E-state index in [1.54, 1.807) is 12.1 Å². The molecule has 1 heterocycles. The monoisotopic (exact) mass is 278 g/mol. The molecule has 19 heavy (non-hydrogen) atoms. The van der Waals surface area contributed by atoms with Crippen molar-refractivity contribution < 1.29 is 22.6 Å². The van der Waals surface area contributed by atoms with Crippen LogP contribution in [-0.2, 0) is 11.3 Å². The van der Waals surface area contributed by atoms with Crippen LogP contribution in [0.5, 0.6) is 5.75 Å². The Bertz CT molecular complexity index is 366. The molecule has 0 bridgehead atoms. The van der Waals surface area contributed by atoms with Crippen LogP contribution in [0, 0.1) is 0 Å². The van der Waals surface area contributed by atoms with Gasteiger partial charge in [0.25, 0.3) is 0 Å². The summed E-state index contributed by atoms with van der Waals surface area (Å²) in [5, 5.41) is 3.20. The third kappa shape index (κ3) is 7.63. The molecule has 0 atom stereocenters. The second-order valence-corrected chi connectivity index (χ2v) is 4.25. The summed E-state index contributed by atoms with van der Waals surface area (Å²) in [5.41, 5.74) is 0.831. The summed E-state index contributed by atoms with van der Waals surface area (Å²) < 4.78 is 44.7. The highest BCUT2D eigenvalue weighted by Crippen LogP contribution is 2.15. The first kappa shape index (κ1) is 15.7. The van der Waals surface area contributed by atoms with Crippen LogP contribution in [0.4, 0.5) is 13.2 Å². The van der Waals surface area contributed by atoms with Crippen LogP contribution in [0.25, 0.3) is 0 Å². The van der Waals surface area contributed by atoms with E-state index in [0.717, 1.165) is 5.69 Å². The Hall–Kier alpha value is -1.34. The average molecular weight is 278 g/mol. The fourth-order valence-corrected chi connectivity index (χ4v) is 1.18. The van der Waals surface area contributed by atoms with Crippen LogP contribution < -0.4 is 10.1 Å². The number of alkyl halides is 3. The molecule has 7 heteroatoms. The van der Waals surface area contributed by atoms with Gasteiger partial charge in [-0.25, -0.2) is 0 Å². The molecule has 0 saturated heterocycles. The van der Waals surface area contributed by atoms with Crippen molar-refractivity contribution in [3.63, 3.8) is 0 Å². The van der Waals surface area contributed by atoms with Crippen molar-refractivity contribution in [2.24, 2.45) is 0 Å². The molecule has 1 aromatic rings. The molecule has 4 nitrogen and oxygen atoms in total.